The van der Waals surface area contributed by atoms with Crippen LogP contribution in [-0.2, 0) is 22.4 Å². The molecule has 1 aromatic heterocycles. The van der Waals surface area contributed by atoms with Crippen molar-refractivity contribution < 1.29 is 36.7 Å². The van der Waals surface area contributed by atoms with Crippen LogP contribution in [0, 0.1) is 0 Å². The Morgan fingerprint density at radius 1 is 1.67 bits per heavy atom. The van der Waals surface area contributed by atoms with Crippen LogP contribution in [0.2, 0.25) is 0 Å². The number of rotatable bonds is 1. The zero-order valence-electron chi connectivity index (χ0n) is 4.30. The van der Waals surface area contributed by atoms with E-state index in [0.29, 0.717) is 0 Å². The van der Waals surface area contributed by atoms with Crippen LogP contribution in [0.25, 0.3) is 0 Å². The number of carbonyl (C=O) groups is 1. The molecule has 53 valence electrons. The van der Waals surface area contributed by atoms with Crippen molar-refractivity contribution in [3.8, 4) is 0 Å². The molecule has 0 aliphatic carbocycles. The van der Waals surface area contributed by atoms with Crippen LogP contribution in [-0.4, -0.2) is 11.1 Å². The summed E-state index contributed by atoms with van der Waals surface area (Å²) in [5.74, 6) is -1.06. The van der Waals surface area contributed by atoms with Crippen LogP contribution in [0.15, 0.2) is 22.8 Å². The van der Waals surface area contributed by atoms with Crippen molar-refractivity contribution in [2.75, 3.05) is 0 Å². The molecule has 1 rings (SSSR count). The number of hydrogen-bond acceptors (Lipinski definition) is 2. The van der Waals surface area contributed by atoms with Crippen molar-refractivity contribution >= 4 is 5.97 Å². The van der Waals surface area contributed by atoms with Crippen LogP contribution >= 0.6 is 0 Å². The van der Waals surface area contributed by atoms with Gasteiger partial charge in [-0.2, -0.15) is 0 Å². The third kappa shape index (κ3) is 2.05. The number of hydrogen-bond donors (Lipinski definition) is 1. The van der Waals surface area contributed by atoms with Crippen LogP contribution in [0.4, 0.5) is 0 Å². The Kier molecular flexibility index (Phi) is 3.30. The number of aromatic carboxylic acids is 1. The standard InChI is InChI=1S/C5H4O3.Au/c6-5(7)4-2-1-3-8-4;/h1-3H,(H,6,7);. The maximum atomic E-state index is 9.97. The van der Waals surface area contributed by atoms with Gasteiger partial charge in [0.15, 0.2) is 0 Å². The Morgan fingerprint density at radius 3 is 2.56 bits per heavy atom. The van der Waals surface area contributed by atoms with E-state index in [1.807, 2.05) is 0 Å². The van der Waals surface area contributed by atoms with E-state index < -0.39 is 5.97 Å². The van der Waals surface area contributed by atoms with Crippen molar-refractivity contribution in [3.05, 3.63) is 24.2 Å². The molecule has 0 aromatic carbocycles. The van der Waals surface area contributed by atoms with Crippen LogP contribution in [0.5, 0.6) is 0 Å². The quantitative estimate of drug-likeness (QED) is 0.787. The van der Waals surface area contributed by atoms with Crippen molar-refractivity contribution in [3.63, 3.8) is 0 Å². The van der Waals surface area contributed by atoms with Gasteiger partial charge < -0.3 is 9.52 Å². The molecule has 0 bridgehead atoms. The Labute approximate surface area is 67.2 Å². The maximum Gasteiger partial charge on any atom is 0.371 e. The van der Waals surface area contributed by atoms with Gasteiger partial charge in [0.1, 0.15) is 0 Å². The fraction of sp³-hybridized carbons (Fsp3) is 0. The summed E-state index contributed by atoms with van der Waals surface area (Å²) >= 11 is 0. The molecule has 1 heterocycles. The normalized spacial score (nSPS) is 8.00. The molecule has 0 unspecified atom stereocenters. The second kappa shape index (κ2) is 3.50. The SMILES string of the molecule is O=C(O)c1ccco1.[Au]. The van der Waals surface area contributed by atoms with Gasteiger partial charge in [0.2, 0.25) is 5.76 Å². The summed E-state index contributed by atoms with van der Waals surface area (Å²) in [6.07, 6.45) is 1.32. The van der Waals surface area contributed by atoms with Gasteiger partial charge in [0.25, 0.3) is 0 Å². The summed E-state index contributed by atoms with van der Waals surface area (Å²) in [7, 11) is 0. The smallest absolute Gasteiger partial charge is 0.371 e. The average molecular weight is 309 g/mol. The maximum absolute atomic E-state index is 9.97. The first-order valence-corrected chi connectivity index (χ1v) is 2.07. The minimum atomic E-state index is -1.03. The summed E-state index contributed by atoms with van der Waals surface area (Å²) < 4.78 is 4.50. The predicted molar refractivity (Wildman–Crippen MR) is 25.7 cm³/mol. The number of furan rings is 1. The van der Waals surface area contributed by atoms with Crippen LogP contribution in [0.1, 0.15) is 10.6 Å². The molecular formula is C5H4AuO3. The van der Waals surface area contributed by atoms with E-state index >= 15 is 0 Å². The molecule has 0 spiro atoms. The molecule has 1 N–H and O–H groups in total. The molecule has 1 aromatic rings. The molecule has 9 heavy (non-hydrogen) atoms. The van der Waals surface area contributed by atoms with E-state index in [-0.39, 0.29) is 28.1 Å². The van der Waals surface area contributed by atoms with Gasteiger partial charge in [-0.05, 0) is 12.1 Å². The monoisotopic (exact) mass is 309 g/mol. The minimum absolute atomic E-state index is 0. The first-order chi connectivity index (χ1) is 3.80. The molecule has 3 nitrogen and oxygen atoms in total. The Hall–Kier alpha value is -0.510. The van der Waals surface area contributed by atoms with Crippen LogP contribution < -0.4 is 0 Å². The van der Waals surface area contributed by atoms with E-state index in [1.54, 1.807) is 0 Å². The zero-order chi connectivity index (χ0) is 5.98. The van der Waals surface area contributed by atoms with E-state index in [9.17, 15) is 4.79 Å². The van der Waals surface area contributed by atoms with Gasteiger partial charge in [-0.1, -0.05) is 0 Å². The molecule has 0 fully saturated rings. The van der Waals surface area contributed by atoms with Crippen molar-refractivity contribution in [2.24, 2.45) is 0 Å². The fourth-order valence-electron chi connectivity index (χ4n) is 0.400. The van der Waals surface area contributed by atoms with Gasteiger partial charge in [0, 0.05) is 22.4 Å². The van der Waals surface area contributed by atoms with E-state index in [4.69, 9.17) is 5.11 Å². The summed E-state index contributed by atoms with van der Waals surface area (Å²) in [5.41, 5.74) is 0. The molecule has 0 amide bonds. The second-order valence-electron chi connectivity index (χ2n) is 1.28. The summed E-state index contributed by atoms with van der Waals surface area (Å²) in [6, 6.07) is 2.92. The van der Waals surface area contributed by atoms with E-state index in [0.717, 1.165) is 0 Å². The van der Waals surface area contributed by atoms with Crippen LogP contribution in [0.3, 0.4) is 0 Å². The predicted octanol–water partition coefficient (Wildman–Crippen LogP) is 0.975. The largest absolute Gasteiger partial charge is 0.475 e. The molecule has 4 heteroatoms. The van der Waals surface area contributed by atoms with Gasteiger partial charge in [-0.15, -0.1) is 0 Å². The average Bonchev–Trinajstić information content (AvgIpc) is 2.12. The molecular weight excluding hydrogens is 305 g/mol. The third-order valence-electron chi connectivity index (χ3n) is 0.732. The summed E-state index contributed by atoms with van der Waals surface area (Å²) in [4.78, 5) is 9.97. The Balaban J connectivity index is 0.000000640. The fourth-order valence-corrected chi connectivity index (χ4v) is 0.400. The molecule has 0 saturated heterocycles. The molecule has 0 saturated carbocycles. The third-order valence-corrected chi connectivity index (χ3v) is 0.732. The van der Waals surface area contributed by atoms with Crippen molar-refractivity contribution in [2.45, 2.75) is 0 Å². The van der Waals surface area contributed by atoms with Gasteiger partial charge in [-0.25, -0.2) is 4.79 Å². The Morgan fingerprint density at radius 2 is 2.33 bits per heavy atom. The van der Waals surface area contributed by atoms with Gasteiger partial charge in [-0.3, -0.25) is 0 Å². The first-order valence-electron chi connectivity index (χ1n) is 2.07. The second-order valence-corrected chi connectivity index (χ2v) is 1.28. The summed E-state index contributed by atoms with van der Waals surface area (Å²) in [5, 5.41) is 8.18. The zero-order valence-corrected chi connectivity index (χ0v) is 6.46. The van der Waals surface area contributed by atoms with E-state index in [2.05, 4.69) is 4.42 Å². The van der Waals surface area contributed by atoms with E-state index in [1.165, 1.54) is 18.4 Å². The first kappa shape index (κ1) is 8.49. The molecule has 0 atom stereocenters. The van der Waals surface area contributed by atoms with Gasteiger partial charge in [0.05, 0.1) is 6.26 Å². The van der Waals surface area contributed by atoms with Gasteiger partial charge >= 0.3 is 5.97 Å². The topological polar surface area (TPSA) is 50.4 Å². The Bertz CT molecular complexity index is 180. The van der Waals surface area contributed by atoms with Crippen molar-refractivity contribution in [1.29, 1.82) is 0 Å². The molecule has 1 radical (unpaired) electrons. The molecule has 0 aliphatic heterocycles. The summed E-state index contributed by atoms with van der Waals surface area (Å²) in [6.45, 7) is 0. The number of carboxylic acid groups (broad SMARTS) is 1. The minimum Gasteiger partial charge on any atom is -0.475 e. The number of carboxylic acids is 1. The molecule has 0 aliphatic rings. The van der Waals surface area contributed by atoms with Crippen molar-refractivity contribution in [1.82, 2.24) is 0 Å².